The zero-order valence-corrected chi connectivity index (χ0v) is 20.0. The van der Waals surface area contributed by atoms with Crippen molar-refractivity contribution in [2.45, 2.75) is 0 Å². The molecule has 0 aromatic heterocycles. The summed E-state index contributed by atoms with van der Waals surface area (Å²) in [6.07, 6.45) is 1.45. The summed E-state index contributed by atoms with van der Waals surface area (Å²) in [5, 5.41) is 8.27. The van der Waals surface area contributed by atoms with Crippen LogP contribution in [0.15, 0.2) is 101 Å². The Morgan fingerprint density at radius 2 is 1.63 bits per heavy atom. The largest absolute Gasteiger partial charge is 0.423 e. The highest BCUT2D eigenvalue weighted by Crippen LogP contribution is 2.18. The van der Waals surface area contributed by atoms with Crippen LogP contribution in [0.3, 0.4) is 0 Å². The van der Waals surface area contributed by atoms with Gasteiger partial charge in [0.15, 0.2) is 0 Å². The smallest absolute Gasteiger partial charge is 0.343 e. The number of rotatable bonds is 7. The third-order valence-corrected chi connectivity index (χ3v) is 5.49. The van der Waals surface area contributed by atoms with E-state index in [1.54, 1.807) is 54.6 Å². The van der Waals surface area contributed by atoms with Gasteiger partial charge in [-0.25, -0.2) is 10.2 Å². The van der Waals surface area contributed by atoms with Gasteiger partial charge in [0.05, 0.1) is 18.3 Å². The van der Waals surface area contributed by atoms with E-state index in [2.05, 4.69) is 31.8 Å². The van der Waals surface area contributed by atoms with Gasteiger partial charge < -0.3 is 10.1 Å². The van der Waals surface area contributed by atoms with Gasteiger partial charge in [0, 0.05) is 10.0 Å². The third kappa shape index (κ3) is 6.39. The molecule has 4 rings (SSSR count). The lowest BCUT2D eigenvalue weighted by molar-refractivity contribution is -0.120. The van der Waals surface area contributed by atoms with Crippen molar-refractivity contribution in [3.8, 4) is 5.75 Å². The maximum Gasteiger partial charge on any atom is 0.343 e. The number of halogens is 1. The van der Waals surface area contributed by atoms with Crippen molar-refractivity contribution in [2.75, 3.05) is 6.54 Å². The zero-order valence-electron chi connectivity index (χ0n) is 18.4. The minimum absolute atomic E-state index is 0.218. The number of benzene rings is 4. The number of amides is 2. The molecular weight excluding hydrogens is 510 g/mol. The summed E-state index contributed by atoms with van der Waals surface area (Å²) in [5.74, 6) is -0.888. The van der Waals surface area contributed by atoms with Crippen LogP contribution in [0.4, 0.5) is 0 Å². The molecule has 2 N–H and O–H groups in total. The fraction of sp³-hybridized carbons (Fsp3) is 0.0370. The molecule has 0 aliphatic carbocycles. The monoisotopic (exact) mass is 529 g/mol. The van der Waals surface area contributed by atoms with E-state index in [4.69, 9.17) is 4.74 Å². The summed E-state index contributed by atoms with van der Waals surface area (Å²) < 4.78 is 6.14. The lowest BCUT2D eigenvalue weighted by Gasteiger charge is -2.07. The van der Waals surface area contributed by atoms with Crippen molar-refractivity contribution in [2.24, 2.45) is 5.10 Å². The average Bonchev–Trinajstić information content (AvgIpc) is 2.88. The van der Waals surface area contributed by atoms with Crippen molar-refractivity contribution in [1.82, 2.24) is 10.7 Å². The normalized spacial score (nSPS) is 10.8. The van der Waals surface area contributed by atoms with Gasteiger partial charge in [-0.3, -0.25) is 9.59 Å². The Bertz CT molecular complexity index is 1410. The molecule has 0 saturated carbocycles. The van der Waals surface area contributed by atoms with Crippen LogP contribution in [0.1, 0.15) is 26.3 Å². The molecule has 7 nitrogen and oxygen atoms in total. The summed E-state index contributed by atoms with van der Waals surface area (Å²) >= 11 is 3.32. The van der Waals surface area contributed by atoms with Gasteiger partial charge in [0.25, 0.3) is 11.8 Å². The van der Waals surface area contributed by atoms with Gasteiger partial charge in [-0.05, 0) is 64.9 Å². The second kappa shape index (κ2) is 11.2. The molecule has 0 aliphatic heterocycles. The summed E-state index contributed by atoms with van der Waals surface area (Å²) in [7, 11) is 0. The molecular formula is C27H20BrN3O4. The van der Waals surface area contributed by atoms with Crippen LogP contribution in [0.5, 0.6) is 5.75 Å². The van der Waals surface area contributed by atoms with Crippen molar-refractivity contribution in [3.63, 3.8) is 0 Å². The zero-order chi connectivity index (χ0) is 24.6. The van der Waals surface area contributed by atoms with E-state index in [1.807, 2.05) is 36.4 Å². The van der Waals surface area contributed by atoms with E-state index in [0.29, 0.717) is 22.4 Å². The fourth-order valence-electron chi connectivity index (χ4n) is 3.30. The van der Waals surface area contributed by atoms with Gasteiger partial charge in [-0.1, -0.05) is 58.4 Å². The number of fused-ring (bicyclic) bond motifs is 1. The Hall–Kier alpha value is -4.30. The molecule has 0 aliphatic rings. The van der Waals surface area contributed by atoms with E-state index in [9.17, 15) is 14.4 Å². The molecule has 0 fully saturated rings. The van der Waals surface area contributed by atoms with Crippen LogP contribution in [0, 0.1) is 0 Å². The number of carbonyl (C=O) groups excluding carboxylic acids is 3. The minimum atomic E-state index is -0.467. The molecule has 4 aromatic carbocycles. The predicted molar refractivity (Wildman–Crippen MR) is 138 cm³/mol. The molecule has 174 valence electrons. The minimum Gasteiger partial charge on any atom is -0.423 e. The van der Waals surface area contributed by atoms with Crippen LogP contribution in [0.2, 0.25) is 0 Å². The third-order valence-electron chi connectivity index (χ3n) is 5.00. The Kier molecular flexibility index (Phi) is 7.64. The molecule has 0 spiro atoms. The number of carbonyl (C=O) groups is 3. The summed E-state index contributed by atoms with van der Waals surface area (Å²) in [6.45, 7) is -0.218. The Morgan fingerprint density at radius 3 is 2.43 bits per heavy atom. The maximum atomic E-state index is 12.5. The number of nitrogens with zero attached hydrogens (tertiary/aromatic N) is 1. The van der Waals surface area contributed by atoms with Crippen molar-refractivity contribution in [3.05, 3.63) is 112 Å². The summed E-state index contributed by atoms with van der Waals surface area (Å²) in [4.78, 5) is 36.8. The first-order chi connectivity index (χ1) is 17.0. The average molecular weight is 530 g/mol. The van der Waals surface area contributed by atoms with Crippen LogP contribution in [-0.2, 0) is 4.79 Å². The van der Waals surface area contributed by atoms with Crippen molar-refractivity contribution >= 4 is 50.7 Å². The first-order valence-corrected chi connectivity index (χ1v) is 11.4. The highest BCUT2D eigenvalue weighted by Gasteiger charge is 2.11. The molecule has 0 heterocycles. The van der Waals surface area contributed by atoms with Gasteiger partial charge >= 0.3 is 5.97 Å². The molecule has 0 atom stereocenters. The highest BCUT2D eigenvalue weighted by atomic mass is 79.9. The van der Waals surface area contributed by atoms with Crippen molar-refractivity contribution < 1.29 is 19.1 Å². The van der Waals surface area contributed by atoms with E-state index < -0.39 is 11.9 Å². The quantitative estimate of drug-likeness (QED) is 0.157. The van der Waals surface area contributed by atoms with Crippen molar-refractivity contribution in [1.29, 1.82) is 0 Å². The summed E-state index contributed by atoms with van der Waals surface area (Å²) in [5.41, 5.74) is 3.99. The highest BCUT2D eigenvalue weighted by molar-refractivity contribution is 9.10. The van der Waals surface area contributed by atoms with E-state index >= 15 is 0 Å². The van der Waals surface area contributed by atoms with Crippen LogP contribution < -0.4 is 15.5 Å². The molecule has 0 radical (unpaired) electrons. The molecule has 2 amide bonds. The van der Waals surface area contributed by atoms with Crippen LogP contribution in [0.25, 0.3) is 10.8 Å². The molecule has 0 unspecified atom stereocenters. The van der Waals surface area contributed by atoms with Gasteiger partial charge in [0.2, 0.25) is 0 Å². The van der Waals surface area contributed by atoms with Gasteiger partial charge in [-0.15, -0.1) is 0 Å². The molecule has 35 heavy (non-hydrogen) atoms. The first kappa shape index (κ1) is 23.8. The van der Waals surface area contributed by atoms with Crippen LogP contribution >= 0.6 is 15.9 Å². The first-order valence-electron chi connectivity index (χ1n) is 10.7. The number of hydrogen-bond donors (Lipinski definition) is 2. The van der Waals surface area contributed by atoms with Gasteiger partial charge in [-0.2, -0.15) is 5.10 Å². The standard InChI is InChI=1S/C27H20BrN3O4/c28-21-8-3-7-20(15-21)27(34)35-22-13-11-18(12-14-22)16-30-31-25(32)17-29-26(33)24-10-4-6-19-5-1-2-9-23(19)24/h1-16H,17H2,(H,29,33)(H,31,32)/b30-16+. The number of nitrogens with one attached hydrogen (secondary N) is 2. The lowest BCUT2D eigenvalue weighted by Crippen LogP contribution is -2.35. The van der Waals surface area contributed by atoms with E-state index in [-0.39, 0.29) is 12.5 Å². The fourth-order valence-corrected chi connectivity index (χ4v) is 3.70. The molecule has 0 saturated heterocycles. The second-order valence-corrected chi connectivity index (χ2v) is 8.39. The molecule has 4 aromatic rings. The van der Waals surface area contributed by atoms with Crippen LogP contribution in [-0.4, -0.2) is 30.5 Å². The summed E-state index contributed by atoms with van der Waals surface area (Å²) in [6, 6.07) is 26.6. The van der Waals surface area contributed by atoms with E-state index in [1.165, 1.54) is 6.21 Å². The maximum absolute atomic E-state index is 12.5. The Balaban J connectivity index is 1.26. The molecule has 0 bridgehead atoms. The topological polar surface area (TPSA) is 96.9 Å². The SMILES string of the molecule is O=C(CNC(=O)c1cccc2ccccc12)N/N=C/c1ccc(OC(=O)c2cccc(Br)c2)cc1. The number of hydrogen-bond acceptors (Lipinski definition) is 5. The Morgan fingerprint density at radius 1 is 0.886 bits per heavy atom. The molecule has 8 heteroatoms. The predicted octanol–water partition coefficient (Wildman–Crippen LogP) is 4.70. The van der Waals surface area contributed by atoms with E-state index in [0.717, 1.165) is 15.2 Å². The Labute approximate surface area is 209 Å². The number of ether oxygens (including phenoxy) is 1. The lowest BCUT2D eigenvalue weighted by atomic mass is 10.0. The number of hydrazone groups is 1. The number of esters is 1. The van der Waals surface area contributed by atoms with Gasteiger partial charge in [0.1, 0.15) is 5.75 Å². The second-order valence-electron chi connectivity index (χ2n) is 7.47.